The first-order valence-electron chi connectivity index (χ1n) is 5.52. The second-order valence-electron chi connectivity index (χ2n) is 3.96. The van der Waals surface area contributed by atoms with Crippen LogP contribution in [0.25, 0.3) is 22.6 Å². The maximum atomic E-state index is 5.24. The Kier molecular flexibility index (Phi) is 3.28. The molecule has 0 aliphatic rings. The van der Waals surface area contributed by atoms with E-state index in [4.69, 9.17) is 4.74 Å². The Hall–Kier alpha value is -1.40. The van der Waals surface area contributed by atoms with Crippen molar-refractivity contribution in [3.8, 4) is 17.1 Å². The van der Waals surface area contributed by atoms with Crippen molar-refractivity contribution in [2.45, 2.75) is 0 Å². The molecule has 0 amide bonds. The Morgan fingerprint density at radius 2 is 2.05 bits per heavy atom. The molecular formula is C13H9Br2N3O. The molecule has 1 N–H and O–H groups in total. The molecule has 0 spiro atoms. The van der Waals surface area contributed by atoms with Gasteiger partial charge in [-0.15, -0.1) is 0 Å². The van der Waals surface area contributed by atoms with Gasteiger partial charge in [-0.3, -0.25) is 0 Å². The third kappa shape index (κ3) is 2.37. The lowest BCUT2D eigenvalue weighted by molar-refractivity contribution is 0.415. The minimum atomic E-state index is 0.688. The zero-order valence-corrected chi connectivity index (χ0v) is 13.1. The van der Waals surface area contributed by atoms with Gasteiger partial charge < -0.3 is 9.72 Å². The molecule has 0 bridgehead atoms. The van der Waals surface area contributed by atoms with E-state index in [9.17, 15) is 0 Å². The largest absolute Gasteiger partial charge is 0.497 e. The van der Waals surface area contributed by atoms with Gasteiger partial charge in [-0.1, -0.05) is 15.9 Å². The summed E-state index contributed by atoms with van der Waals surface area (Å²) in [5.74, 6) is 1.54. The number of hydrogen-bond donors (Lipinski definition) is 1. The molecule has 3 rings (SSSR count). The van der Waals surface area contributed by atoms with E-state index in [2.05, 4.69) is 46.8 Å². The van der Waals surface area contributed by atoms with Crippen LogP contribution in [0.2, 0.25) is 0 Å². The van der Waals surface area contributed by atoms with Crippen molar-refractivity contribution in [3.63, 3.8) is 0 Å². The maximum Gasteiger partial charge on any atom is 0.178 e. The highest BCUT2D eigenvalue weighted by molar-refractivity contribution is 9.10. The van der Waals surface area contributed by atoms with E-state index in [0.717, 1.165) is 31.6 Å². The second-order valence-corrected chi connectivity index (χ2v) is 5.73. The Bertz CT molecular complexity index is 755. The van der Waals surface area contributed by atoms with Crippen molar-refractivity contribution in [1.82, 2.24) is 15.0 Å². The van der Waals surface area contributed by atoms with Crippen LogP contribution in [0, 0.1) is 0 Å². The number of rotatable bonds is 2. The van der Waals surface area contributed by atoms with E-state index in [0.29, 0.717) is 5.65 Å². The molecule has 2 heterocycles. The summed E-state index contributed by atoms with van der Waals surface area (Å²) in [5.41, 5.74) is 2.51. The van der Waals surface area contributed by atoms with Crippen LogP contribution in [0.5, 0.6) is 5.75 Å². The zero-order chi connectivity index (χ0) is 13.4. The Balaban J connectivity index is 2.18. The van der Waals surface area contributed by atoms with Gasteiger partial charge in [-0.05, 0) is 40.2 Å². The fourth-order valence-electron chi connectivity index (χ4n) is 1.81. The summed E-state index contributed by atoms with van der Waals surface area (Å²) in [6.07, 6.45) is 1.73. The van der Waals surface area contributed by atoms with E-state index in [-0.39, 0.29) is 0 Å². The molecule has 0 aliphatic carbocycles. The highest BCUT2D eigenvalue weighted by Gasteiger charge is 2.10. The van der Waals surface area contributed by atoms with Gasteiger partial charge >= 0.3 is 0 Å². The summed E-state index contributed by atoms with van der Waals surface area (Å²) in [4.78, 5) is 12.0. The standard InChI is InChI=1S/C13H9Br2N3O/c1-19-8-2-3-10(15)9(5-8)12-17-11-4-7(14)6-16-13(11)18-12/h2-6H,1H3,(H,16,17,18). The number of aromatic nitrogens is 3. The lowest BCUT2D eigenvalue weighted by Crippen LogP contribution is -1.86. The molecule has 0 saturated carbocycles. The van der Waals surface area contributed by atoms with Gasteiger partial charge in [0.25, 0.3) is 0 Å². The van der Waals surface area contributed by atoms with Crippen LogP contribution in [-0.2, 0) is 0 Å². The Morgan fingerprint density at radius 3 is 2.84 bits per heavy atom. The van der Waals surface area contributed by atoms with Crippen LogP contribution < -0.4 is 4.74 Å². The monoisotopic (exact) mass is 381 g/mol. The van der Waals surface area contributed by atoms with E-state index in [1.54, 1.807) is 13.3 Å². The first kappa shape index (κ1) is 12.6. The number of pyridine rings is 1. The summed E-state index contributed by atoms with van der Waals surface area (Å²) < 4.78 is 7.11. The molecule has 0 atom stereocenters. The van der Waals surface area contributed by atoms with E-state index < -0.39 is 0 Å². The molecule has 96 valence electrons. The van der Waals surface area contributed by atoms with E-state index >= 15 is 0 Å². The Labute approximate surface area is 126 Å². The SMILES string of the molecule is COc1ccc(Br)c(-c2nc3ncc(Br)cc3[nH]2)c1. The molecule has 3 aromatic rings. The lowest BCUT2D eigenvalue weighted by atomic mass is 10.2. The quantitative estimate of drug-likeness (QED) is 0.723. The van der Waals surface area contributed by atoms with Gasteiger partial charge in [0.1, 0.15) is 11.6 Å². The lowest BCUT2D eigenvalue weighted by Gasteiger charge is -2.04. The van der Waals surface area contributed by atoms with Crippen LogP contribution in [0.4, 0.5) is 0 Å². The van der Waals surface area contributed by atoms with Crippen molar-refractivity contribution >= 4 is 43.0 Å². The third-order valence-electron chi connectivity index (χ3n) is 2.73. The zero-order valence-electron chi connectivity index (χ0n) is 9.95. The van der Waals surface area contributed by atoms with Crippen LogP contribution in [0.3, 0.4) is 0 Å². The van der Waals surface area contributed by atoms with E-state index in [1.165, 1.54) is 0 Å². The number of hydrogen-bond acceptors (Lipinski definition) is 3. The minimum Gasteiger partial charge on any atom is -0.497 e. The van der Waals surface area contributed by atoms with Crippen LogP contribution in [0.15, 0.2) is 39.4 Å². The van der Waals surface area contributed by atoms with E-state index in [1.807, 2.05) is 24.3 Å². The van der Waals surface area contributed by atoms with Gasteiger partial charge in [-0.25, -0.2) is 9.97 Å². The van der Waals surface area contributed by atoms with Crippen LogP contribution >= 0.6 is 31.9 Å². The number of nitrogens with one attached hydrogen (secondary N) is 1. The number of benzene rings is 1. The van der Waals surface area contributed by atoms with Crippen LogP contribution in [-0.4, -0.2) is 22.1 Å². The average Bonchev–Trinajstić information content (AvgIpc) is 2.82. The summed E-state index contributed by atoms with van der Waals surface area (Å²) in [7, 11) is 1.64. The minimum absolute atomic E-state index is 0.688. The highest BCUT2D eigenvalue weighted by Crippen LogP contribution is 2.31. The molecule has 0 fully saturated rings. The molecule has 6 heteroatoms. The summed E-state index contributed by atoms with van der Waals surface area (Å²) in [6, 6.07) is 7.71. The maximum absolute atomic E-state index is 5.24. The van der Waals surface area contributed by atoms with Crippen molar-refractivity contribution < 1.29 is 4.74 Å². The molecule has 0 radical (unpaired) electrons. The molecule has 19 heavy (non-hydrogen) atoms. The van der Waals surface area contributed by atoms with Crippen molar-refractivity contribution in [1.29, 1.82) is 0 Å². The number of methoxy groups -OCH3 is 1. The van der Waals surface area contributed by atoms with Gasteiger partial charge in [0, 0.05) is 20.7 Å². The number of imidazole rings is 1. The molecule has 0 unspecified atom stereocenters. The van der Waals surface area contributed by atoms with Gasteiger partial charge in [-0.2, -0.15) is 0 Å². The van der Waals surface area contributed by atoms with Crippen molar-refractivity contribution in [2.75, 3.05) is 7.11 Å². The number of aromatic amines is 1. The Morgan fingerprint density at radius 1 is 1.21 bits per heavy atom. The predicted octanol–water partition coefficient (Wildman–Crippen LogP) is 4.16. The summed E-state index contributed by atoms with van der Waals surface area (Å²) in [5, 5.41) is 0. The van der Waals surface area contributed by atoms with Gasteiger partial charge in [0.15, 0.2) is 5.65 Å². The number of fused-ring (bicyclic) bond motifs is 1. The fourth-order valence-corrected chi connectivity index (χ4v) is 2.58. The average molecular weight is 383 g/mol. The number of ether oxygens (including phenoxy) is 1. The predicted molar refractivity (Wildman–Crippen MR) is 81.3 cm³/mol. The number of H-pyrrole nitrogens is 1. The normalized spacial score (nSPS) is 10.9. The number of nitrogens with zero attached hydrogens (tertiary/aromatic N) is 2. The smallest absolute Gasteiger partial charge is 0.178 e. The van der Waals surface area contributed by atoms with Crippen molar-refractivity contribution in [2.24, 2.45) is 0 Å². The van der Waals surface area contributed by atoms with Crippen molar-refractivity contribution in [3.05, 3.63) is 39.4 Å². The first-order chi connectivity index (χ1) is 9.17. The molecule has 1 aromatic carbocycles. The molecule has 0 aliphatic heterocycles. The third-order valence-corrected chi connectivity index (χ3v) is 3.86. The highest BCUT2D eigenvalue weighted by atomic mass is 79.9. The molecule has 0 saturated heterocycles. The second kappa shape index (κ2) is 4.94. The first-order valence-corrected chi connectivity index (χ1v) is 7.11. The van der Waals surface area contributed by atoms with Gasteiger partial charge in [0.05, 0.1) is 12.6 Å². The topological polar surface area (TPSA) is 50.8 Å². The molecular weight excluding hydrogens is 374 g/mol. The molecule has 2 aromatic heterocycles. The summed E-state index contributed by atoms with van der Waals surface area (Å²) in [6.45, 7) is 0. The number of halogens is 2. The fraction of sp³-hybridized carbons (Fsp3) is 0.0769. The summed E-state index contributed by atoms with van der Waals surface area (Å²) >= 11 is 6.92. The molecule has 4 nitrogen and oxygen atoms in total. The van der Waals surface area contributed by atoms with Crippen LogP contribution in [0.1, 0.15) is 0 Å². The van der Waals surface area contributed by atoms with Gasteiger partial charge in [0.2, 0.25) is 0 Å².